The lowest BCUT2D eigenvalue weighted by Crippen LogP contribution is -2.43. The Morgan fingerprint density at radius 1 is 1.10 bits per heavy atom. The Labute approximate surface area is 135 Å². The van der Waals surface area contributed by atoms with E-state index in [1.54, 1.807) is 6.07 Å². The first kappa shape index (κ1) is 14.9. The fourth-order valence-corrected chi connectivity index (χ4v) is 3.65. The molecule has 1 aliphatic carbocycles. The van der Waals surface area contributed by atoms with Crippen LogP contribution >= 0.6 is 23.2 Å². The fraction of sp³-hybridized carbons (Fsp3) is 0.294. The minimum atomic E-state index is 0.205. The zero-order valence-electron chi connectivity index (χ0n) is 11.7. The third-order valence-electron chi connectivity index (χ3n) is 4.32. The number of rotatable bonds is 4. The third kappa shape index (κ3) is 3.24. The van der Waals surface area contributed by atoms with Crippen LogP contribution in [0.15, 0.2) is 42.5 Å². The first-order valence-corrected chi connectivity index (χ1v) is 7.90. The van der Waals surface area contributed by atoms with Gasteiger partial charge < -0.3 is 0 Å². The van der Waals surface area contributed by atoms with Crippen molar-refractivity contribution in [2.75, 3.05) is 0 Å². The van der Waals surface area contributed by atoms with Crippen LogP contribution in [0.3, 0.4) is 0 Å². The summed E-state index contributed by atoms with van der Waals surface area (Å²) < 4.78 is 0. The molecule has 3 N–H and O–H groups in total. The molecule has 0 spiro atoms. The molecule has 2 aromatic carbocycles. The molecule has 0 fully saturated rings. The molecule has 0 aromatic heterocycles. The molecule has 2 aromatic rings. The van der Waals surface area contributed by atoms with Crippen molar-refractivity contribution in [3.63, 3.8) is 0 Å². The van der Waals surface area contributed by atoms with Gasteiger partial charge in [0.05, 0.1) is 0 Å². The highest BCUT2D eigenvalue weighted by atomic mass is 35.5. The van der Waals surface area contributed by atoms with Gasteiger partial charge in [-0.2, -0.15) is 0 Å². The smallest absolute Gasteiger partial charge is 0.0453 e. The number of nitrogens with one attached hydrogen (secondary N) is 1. The minimum absolute atomic E-state index is 0.205. The van der Waals surface area contributed by atoms with Crippen molar-refractivity contribution in [2.45, 2.75) is 25.3 Å². The predicted molar refractivity (Wildman–Crippen MR) is 88.6 cm³/mol. The molecule has 0 saturated heterocycles. The van der Waals surface area contributed by atoms with E-state index in [0.717, 1.165) is 24.8 Å². The van der Waals surface area contributed by atoms with Gasteiger partial charge in [0.1, 0.15) is 0 Å². The molecular weight excluding hydrogens is 303 g/mol. The predicted octanol–water partition coefficient (Wildman–Crippen LogP) is 3.78. The first-order chi connectivity index (χ1) is 10.2. The van der Waals surface area contributed by atoms with E-state index in [4.69, 9.17) is 29.0 Å². The average Bonchev–Trinajstić information content (AvgIpc) is 2.90. The topological polar surface area (TPSA) is 38.0 Å². The van der Waals surface area contributed by atoms with Gasteiger partial charge in [-0.05, 0) is 54.0 Å². The van der Waals surface area contributed by atoms with E-state index in [1.165, 1.54) is 11.1 Å². The lowest BCUT2D eigenvalue weighted by Gasteiger charge is -2.23. The Morgan fingerprint density at radius 3 is 2.33 bits per heavy atom. The summed E-state index contributed by atoms with van der Waals surface area (Å²) in [4.78, 5) is 0. The summed E-state index contributed by atoms with van der Waals surface area (Å²) in [7, 11) is 0. The molecule has 0 amide bonds. The second-order valence-corrected chi connectivity index (χ2v) is 6.49. The summed E-state index contributed by atoms with van der Waals surface area (Å²) in [5.74, 6) is 6.30. The number of hydrogen-bond acceptors (Lipinski definition) is 2. The second-order valence-electron chi connectivity index (χ2n) is 5.65. The van der Waals surface area contributed by atoms with E-state index in [9.17, 15) is 0 Å². The van der Waals surface area contributed by atoms with Crippen LogP contribution in [0.4, 0.5) is 0 Å². The lowest BCUT2D eigenvalue weighted by atomic mass is 9.91. The van der Waals surface area contributed by atoms with E-state index >= 15 is 0 Å². The molecule has 0 radical (unpaired) electrons. The number of nitrogens with two attached hydrogens (primary N) is 1. The molecule has 0 bridgehead atoms. The molecule has 0 saturated carbocycles. The van der Waals surface area contributed by atoms with Gasteiger partial charge in [-0.3, -0.25) is 11.3 Å². The molecule has 4 heteroatoms. The number of hydrazine groups is 1. The molecule has 110 valence electrons. The normalized spacial score (nSPS) is 16.0. The van der Waals surface area contributed by atoms with E-state index in [2.05, 4.69) is 29.7 Å². The van der Waals surface area contributed by atoms with Gasteiger partial charge in [0.2, 0.25) is 0 Å². The van der Waals surface area contributed by atoms with E-state index in [0.29, 0.717) is 16.0 Å². The Balaban J connectivity index is 1.75. The summed E-state index contributed by atoms with van der Waals surface area (Å²) in [6.45, 7) is 0. The highest BCUT2D eigenvalue weighted by Crippen LogP contribution is 2.31. The van der Waals surface area contributed by atoms with Crippen molar-refractivity contribution in [2.24, 2.45) is 11.8 Å². The highest BCUT2D eigenvalue weighted by molar-refractivity contribution is 6.35. The van der Waals surface area contributed by atoms with Crippen LogP contribution in [-0.2, 0) is 19.3 Å². The zero-order chi connectivity index (χ0) is 14.8. The van der Waals surface area contributed by atoms with Crippen LogP contribution in [0.2, 0.25) is 10.0 Å². The van der Waals surface area contributed by atoms with Crippen LogP contribution in [0.5, 0.6) is 0 Å². The third-order valence-corrected chi connectivity index (χ3v) is 4.91. The van der Waals surface area contributed by atoms with Crippen molar-refractivity contribution >= 4 is 23.2 Å². The maximum absolute atomic E-state index is 6.27. The van der Waals surface area contributed by atoms with Crippen LogP contribution in [0.1, 0.15) is 16.7 Å². The van der Waals surface area contributed by atoms with Crippen molar-refractivity contribution in [1.82, 2.24) is 5.43 Å². The molecular formula is C17H18Cl2N2. The molecule has 21 heavy (non-hydrogen) atoms. The van der Waals surface area contributed by atoms with Gasteiger partial charge in [0.15, 0.2) is 0 Å². The Morgan fingerprint density at radius 2 is 1.76 bits per heavy atom. The van der Waals surface area contributed by atoms with Crippen molar-refractivity contribution in [3.05, 3.63) is 69.2 Å². The van der Waals surface area contributed by atoms with Gasteiger partial charge in [0.25, 0.3) is 0 Å². The molecule has 0 aliphatic heterocycles. The van der Waals surface area contributed by atoms with E-state index in [1.807, 2.05) is 12.1 Å². The van der Waals surface area contributed by atoms with E-state index in [-0.39, 0.29) is 6.04 Å². The summed E-state index contributed by atoms with van der Waals surface area (Å²) in [6, 6.07) is 14.5. The number of benzene rings is 2. The van der Waals surface area contributed by atoms with Gasteiger partial charge in [-0.1, -0.05) is 53.5 Å². The molecule has 2 nitrogen and oxygen atoms in total. The zero-order valence-corrected chi connectivity index (χ0v) is 13.2. The highest BCUT2D eigenvalue weighted by Gasteiger charge is 2.28. The largest absolute Gasteiger partial charge is 0.271 e. The molecule has 3 rings (SSSR count). The summed E-state index contributed by atoms with van der Waals surface area (Å²) in [6.07, 6.45) is 2.94. The first-order valence-electron chi connectivity index (χ1n) is 7.14. The average molecular weight is 321 g/mol. The number of hydrogen-bond donors (Lipinski definition) is 2. The van der Waals surface area contributed by atoms with Crippen LogP contribution < -0.4 is 11.3 Å². The lowest BCUT2D eigenvalue weighted by molar-refractivity contribution is 0.367. The Hall–Kier alpha value is -1.06. The van der Waals surface area contributed by atoms with Crippen LogP contribution in [0, 0.1) is 5.92 Å². The van der Waals surface area contributed by atoms with E-state index < -0.39 is 0 Å². The minimum Gasteiger partial charge on any atom is -0.271 e. The SMILES string of the molecule is NNC(Cc1ccc(Cl)cc1Cl)C1Cc2ccccc2C1. The van der Waals surface area contributed by atoms with Crippen molar-refractivity contribution < 1.29 is 0 Å². The summed E-state index contributed by atoms with van der Waals surface area (Å²) in [5.41, 5.74) is 6.93. The monoisotopic (exact) mass is 320 g/mol. The van der Waals surface area contributed by atoms with Gasteiger partial charge in [0, 0.05) is 16.1 Å². The van der Waals surface area contributed by atoms with Crippen LogP contribution in [-0.4, -0.2) is 6.04 Å². The van der Waals surface area contributed by atoms with Crippen molar-refractivity contribution in [3.8, 4) is 0 Å². The quantitative estimate of drug-likeness (QED) is 0.664. The van der Waals surface area contributed by atoms with Gasteiger partial charge in [-0.15, -0.1) is 0 Å². The second kappa shape index (κ2) is 6.37. The maximum Gasteiger partial charge on any atom is 0.0453 e. The van der Waals surface area contributed by atoms with Gasteiger partial charge in [-0.25, -0.2) is 0 Å². The standard InChI is InChI=1S/C17H18Cl2N2/c18-15-6-5-13(16(19)10-15)9-17(21-20)14-7-11-3-1-2-4-12(11)8-14/h1-6,10,14,17,21H,7-9,20H2. The number of halogens is 2. The number of fused-ring (bicyclic) bond motifs is 1. The maximum atomic E-state index is 6.27. The fourth-order valence-electron chi connectivity index (χ4n) is 3.16. The molecule has 1 aliphatic rings. The van der Waals surface area contributed by atoms with Crippen LogP contribution in [0.25, 0.3) is 0 Å². The molecule has 1 atom stereocenters. The van der Waals surface area contributed by atoms with Crippen molar-refractivity contribution in [1.29, 1.82) is 0 Å². The molecule has 0 heterocycles. The van der Waals surface area contributed by atoms with Gasteiger partial charge >= 0.3 is 0 Å². The molecule has 1 unspecified atom stereocenters. The summed E-state index contributed by atoms with van der Waals surface area (Å²) >= 11 is 12.2. The summed E-state index contributed by atoms with van der Waals surface area (Å²) in [5, 5.41) is 1.37. The Bertz CT molecular complexity index is 617. The Kier molecular flexibility index (Phi) is 4.51.